The van der Waals surface area contributed by atoms with Crippen LogP contribution in [0.2, 0.25) is 0 Å². The smallest absolute Gasteiger partial charge is 0.160 e. The average molecular weight is 373 g/mol. The molecular weight excluding hydrogens is 348 g/mol. The third-order valence-corrected chi connectivity index (χ3v) is 6.46. The first-order chi connectivity index (χ1) is 11.9. The monoisotopic (exact) mass is 372 g/mol. The van der Waals surface area contributed by atoms with E-state index in [9.17, 15) is 4.79 Å². The average Bonchev–Trinajstić information content (AvgIpc) is 2.61. The van der Waals surface area contributed by atoms with Gasteiger partial charge in [-0.25, -0.2) is 0 Å². The van der Waals surface area contributed by atoms with E-state index in [2.05, 4.69) is 38.1 Å². The van der Waals surface area contributed by atoms with Crippen molar-refractivity contribution in [3.05, 3.63) is 53.6 Å². The highest BCUT2D eigenvalue weighted by atomic mass is 35.7. The zero-order valence-corrected chi connectivity index (χ0v) is 16.7. The second-order valence-electron chi connectivity index (χ2n) is 7.90. The summed E-state index contributed by atoms with van der Waals surface area (Å²) in [6.45, 7) is 6.36. The van der Waals surface area contributed by atoms with Gasteiger partial charge in [0.15, 0.2) is 5.78 Å². The second kappa shape index (κ2) is 7.55. The van der Waals surface area contributed by atoms with Crippen molar-refractivity contribution in [1.82, 2.24) is 0 Å². The van der Waals surface area contributed by atoms with Crippen LogP contribution in [0.15, 0.2) is 47.4 Å². The Kier molecular flexibility index (Phi) is 5.60. The predicted octanol–water partition coefficient (Wildman–Crippen LogP) is 7.49. The van der Waals surface area contributed by atoms with Crippen molar-refractivity contribution in [1.29, 1.82) is 0 Å². The Bertz CT molecular complexity index is 754. The van der Waals surface area contributed by atoms with Crippen molar-refractivity contribution in [3.63, 3.8) is 0 Å². The maximum Gasteiger partial charge on any atom is 0.160 e. The Labute approximate surface area is 159 Å². The lowest BCUT2D eigenvalue weighted by molar-refractivity contribution is 0.101. The van der Waals surface area contributed by atoms with Crippen molar-refractivity contribution in [2.45, 2.75) is 57.3 Å². The molecule has 25 heavy (non-hydrogen) atoms. The molecule has 1 fully saturated rings. The highest BCUT2D eigenvalue weighted by Gasteiger charge is 2.27. The lowest BCUT2D eigenvalue weighted by atomic mass is 9.71. The van der Waals surface area contributed by atoms with Crippen molar-refractivity contribution in [2.75, 3.05) is 0 Å². The van der Waals surface area contributed by atoms with Crippen LogP contribution >= 0.6 is 21.7 Å². The molecule has 1 saturated carbocycles. The molecule has 2 aromatic rings. The molecule has 0 amide bonds. The molecule has 0 atom stereocenters. The van der Waals surface area contributed by atoms with Crippen molar-refractivity contribution in [2.24, 2.45) is 5.41 Å². The minimum Gasteiger partial charge on any atom is -0.294 e. The zero-order valence-electron chi connectivity index (χ0n) is 15.1. The standard InChI is InChI=1S/C22H25ClOS/c1-15(24)21-14-19(25-23)8-9-20(21)18-6-4-16(5-7-18)17-10-12-22(2,3)13-11-17/h4-9,14,17H,10-13H2,1-3H3. The van der Waals surface area contributed by atoms with Crippen molar-refractivity contribution >= 4 is 27.4 Å². The predicted molar refractivity (Wildman–Crippen MR) is 109 cm³/mol. The van der Waals surface area contributed by atoms with Crippen LogP contribution in [-0.2, 0) is 0 Å². The van der Waals surface area contributed by atoms with Gasteiger partial charge in [-0.1, -0.05) is 44.2 Å². The van der Waals surface area contributed by atoms with Crippen LogP contribution in [-0.4, -0.2) is 5.78 Å². The highest BCUT2D eigenvalue weighted by molar-refractivity contribution is 8.21. The summed E-state index contributed by atoms with van der Waals surface area (Å²) in [5.41, 5.74) is 4.73. The SMILES string of the molecule is CC(=O)c1cc(SCl)ccc1-c1ccc(C2CCC(C)(C)CC2)cc1. The minimum atomic E-state index is 0.0705. The second-order valence-corrected chi connectivity index (χ2v) is 8.99. The molecule has 132 valence electrons. The Morgan fingerprint density at radius 1 is 1.08 bits per heavy atom. The number of benzene rings is 2. The van der Waals surface area contributed by atoms with E-state index in [1.54, 1.807) is 6.92 Å². The molecule has 0 radical (unpaired) electrons. The fourth-order valence-corrected chi connectivity index (χ4v) is 4.35. The molecule has 0 spiro atoms. The molecule has 3 rings (SSSR count). The summed E-state index contributed by atoms with van der Waals surface area (Å²) in [5.74, 6) is 0.741. The third-order valence-electron chi connectivity index (χ3n) is 5.49. The number of Topliss-reactive ketones (excluding diaryl/α,β-unsaturated/α-hetero) is 1. The number of halogens is 1. The topological polar surface area (TPSA) is 17.1 Å². The number of hydrogen-bond acceptors (Lipinski definition) is 2. The molecule has 0 aromatic heterocycles. The van der Waals surface area contributed by atoms with Gasteiger partial charge >= 0.3 is 0 Å². The summed E-state index contributed by atoms with van der Waals surface area (Å²) in [6, 6.07) is 14.6. The van der Waals surface area contributed by atoms with Gasteiger partial charge in [0.05, 0.1) is 0 Å². The van der Waals surface area contributed by atoms with Gasteiger partial charge in [-0.15, -0.1) is 0 Å². The first-order valence-electron chi connectivity index (χ1n) is 8.93. The Hall–Kier alpha value is -1.25. The summed E-state index contributed by atoms with van der Waals surface area (Å²) in [5, 5.41) is 0. The molecule has 2 aromatic carbocycles. The maximum atomic E-state index is 12.0. The summed E-state index contributed by atoms with van der Waals surface area (Å²) >= 11 is 0. The molecule has 0 bridgehead atoms. The number of hydrogen-bond donors (Lipinski definition) is 0. The van der Waals surface area contributed by atoms with Gasteiger partial charge in [-0.2, -0.15) is 0 Å². The van der Waals surface area contributed by atoms with Crippen molar-refractivity contribution < 1.29 is 4.79 Å². The van der Waals surface area contributed by atoms with Crippen molar-refractivity contribution in [3.8, 4) is 11.1 Å². The Morgan fingerprint density at radius 3 is 2.28 bits per heavy atom. The summed E-state index contributed by atoms with van der Waals surface area (Å²) < 4.78 is 0. The molecule has 0 saturated heterocycles. The van der Waals surface area contributed by atoms with Gasteiger partial charge in [-0.05, 0) is 94.4 Å². The van der Waals surface area contributed by atoms with E-state index in [1.165, 1.54) is 31.2 Å². The highest BCUT2D eigenvalue weighted by Crippen LogP contribution is 2.42. The quantitative estimate of drug-likeness (QED) is 0.517. The van der Waals surface area contributed by atoms with E-state index < -0.39 is 0 Å². The van der Waals surface area contributed by atoms with Crippen LogP contribution in [0.5, 0.6) is 0 Å². The van der Waals surface area contributed by atoms with E-state index in [0.717, 1.165) is 32.6 Å². The maximum absolute atomic E-state index is 12.0. The summed E-state index contributed by atoms with van der Waals surface area (Å²) in [4.78, 5) is 12.9. The minimum absolute atomic E-state index is 0.0705. The zero-order chi connectivity index (χ0) is 18.0. The molecule has 1 aliphatic carbocycles. The van der Waals surface area contributed by atoms with E-state index >= 15 is 0 Å². The number of carbonyl (C=O) groups excluding carboxylic acids is 1. The Morgan fingerprint density at radius 2 is 1.72 bits per heavy atom. The van der Waals surface area contributed by atoms with Gasteiger partial charge < -0.3 is 0 Å². The fraction of sp³-hybridized carbons (Fsp3) is 0.409. The van der Waals surface area contributed by atoms with Crippen LogP contribution in [0, 0.1) is 5.41 Å². The van der Waals surface area contributed by atoms with E-state index in [1.807, 2.05) is 18.2 Å². The van der Waals surface area contributed by atoms with Crippen LogP contribution in [0.25, 0.3) is 11.1 Å². The molecule has 3 heteroatoms. The van der Waals surface area contributed by atoms with Crippen LogP contribution in [0.3, 0.4) is 0 Å². The largest absolute Gasteiger partial charge is 0.294 e. The summed E-state index contributed by atoms with van der Waals surface area (Å²) in [6.07, 6.45) is 5.14. The molecule has 1 aliphatic rings. The van der Waals surface area contributed by atoms with Gasteiger partial charge in [0.25, 0.3) is 0 Å². The molecular formula is C22H25ClOS. The molecule has 0 N–H and O–H groups in total. The molecule has 0 unspecified atom stereocenters. The van der Waals surface area contributed by atoms with E-state index in [0.29, 0.717) is 11.3 Å². The third kappa shape index (κ3) is 4.30. The van der Waals surface area contributed by atoms with Crippen LogP contribution in [0.4, 0.5) is 0 Å². The first kappa shape index (κ1) is 18.5. The number of rotatable bonds is 4. The van der Waals surface area contributed by atoms with Gasteiger partial charge in [-0.3, -0.25) is 4.79 Å². The van der Waals surface area contributed by atoms with E-state index in [4.69, 9.17) is 10.7 Å². The van der Waals surface area contributed by atoms with Gasteiger partial charge in [0.1, 0.15) is 0 Å². The van der Waals surface area contributed by atoms with Gasteiger partial charge in [0.2, 0.25) is 0 Å². The molecule has 0 aliphatic heterocycles. The lowest BCUT2D eigenvalue weighted by Gasteiger charge is -2.34. The Balaban J connectivity index is 1.85. The number of carbonyl (C=O) groups is 1. The normalized spacial score (nSPS) is 17.4. The van der Waals surface area contributed by atoms with Crippen LogP contribution in [0.1, 0.15) is 68.3 Å². The molecule has 1 nitrogen and oxygen atoms in total. The summed E-state index contributed by atoms with van der Waals surface area (Å²) in [7, 11) is 6.98. The number of ketones is 1. The molecule has 0 heterocycles. The lowest BCUT2D eigenvalue weighted by Crippen LogP contribution is -2.20. The van der Waals surface area contributed by atoms with Crippen LogP contribution < -0.4 is 0 Å². The first-order valence-corrected chi connectivity index (χ1v) is 10.6. The van der Waals surface area contributed by atoms with Gasteiger partial charge in [0, 0.05) is 10.5 Å². The van der Waals surface area contributed by atoms with E-state index in [-0.39, 0.29) is 5.78 Å². The fourth-order valence-electron chi connectivity index (χ4n) is 3.78.